The van der Waals surface area contributed by atoms with Gasteiger partial charge in [0, 0.05) is 25.2 Å². The van der Waals surface area contributed by atoms with Gasteiger partial charge in [0.05, 0.1) is 24.3 Å². The predicted octanol–water partition coefficient (Wildman–Crippen LogP) is 1.24. The van der Waals surface area contributed by atoms with Gasteiger partial charge in [0.15, 0.2) is 0 Å². The molecule has 2 aliphatic heterocycles. The number of nitriles is 1. The molecular formula is C16H18FN3O2. The minimum Gasteiger partial charge on any atom is -0.374 e. The Morgan fingerprint density at radius 1 is 1.45 bits per heavy atom. The minimum atomic E-state index is -0.601. The van der Waals surface area contributed by atoms with Crippen LogP contribution in [-0.4, -0.2) is 61.1 Å². The SMILES string of the molecule is CN1CC[C@@H]2OCCN(C(=O)c3ccc(F)c(C#N)c3)[C@H]2C1. The summed E-state index contributed by atoms with van der Waals surface area (Å²) < 4.78 is 19.2. The van der Waals surface area contributed by atoms with Gasteiger partial charge < -0.3 is 14.5 Å². The van der Waals surface area contributed by atoms with E-state index in [0.29, 0.717) is 18.7 Å². The van der Waals surface area contributed by atoms with Crippen LogP contribution in [0.2, 0.25) is 0 Å². The molecule has 0 unspecified atom stereocenters. The Kier molecular flexibility index (Phi) is 4.10. The molecule has 3 rings (SSSR count). The average Bonchev–Trinajstić information content (AvgIpc) is 2.54. The Morgan fingerprint density at radius 3 is 3.05 bits per heavy atom. The van der Waals surface area contributed by atoms with Crippen LogP contribution in [-0.2, 0) is 4.74 Å². The summed E-state index contributed by atoms with van der Waals surface area (Å²) in [5, 5.41) is 8.92. The quantitative estimate of drug-likeness (QED) is 0.783. The van der Waals surface area contributed by atoms with Crippen molar-refractivity contribution in [3.63, 3.8) is 0 Å². The fourth-order valence-electron chi connectivity index (χ4n) is 3.19. The normalized spacial score (nSPS) is 25.4. The maximum atomic E-state index is 13.4. The molecule has 6 heteroatoms. The van der Waals surface area contributed by atoms with Crippen molar-refractivity contribution in [2.75, 3.05) is 33.3 Å². The van der Waals surface area contributed by atoms with Crippen LogP contribution < -0.4 is 0 Å². The number of carbonyl (C=O) groups is 1. The van der Waals surface area contributed by atoms with Gasteiger partial charge in [-0.05, 0) is 31.7 Å². The highest BCUT2D eigenvalue weighted by atomic mass is 19.1. The van der Waals surface area contributed by atoms with Crippen LogP contribution in [0.3, 0.4) is 0 Å². The van der Waals surface area contributed by atoms with Crippen molar-refractivity contribution in [2.24, 2.45) is 0 Å². The number of fused-ring (bicyclic) bond motifs is 1. The Hall–Kier alpha value is -1.97. The van der Waals surface area contributed by atoms with Crippen molar-refractivity contribution in [3.8, 4) is 6.07 Å². The summed E-state index contributed by atoms with van der Waals surface area (Å²) in [6, 6.07) is 5.73. The zero-order chi connectivity index (χ0) is 15.7. The van der Waals surface area contributed by atoms with Crippen molar-refractivity contribution >= 4 is 5.91 Å². The van der Waals surface area contributed by atoms with E-state index in [-0.39, 0.29) is 23.6 Å². The third-order valence-corrected chi connectivity index (χ3v) is 4.38. The molecule has 2 atom stereocenters. The van der Waals surface area contributed by atoms with Crippen molar-refractivity contribution in [2.45, 2.75) is 18.6 Å². The number of likely N-dealkylation sites (tertiary alicyclic amines) is 1. The molecule has 22 heavy (non-hydrogen) atoms. The second-order valence-electron chi connectivity index (χ2n) is 5.83. The van der Waals surface area contributed by atoms with E-state index in [1.54, 1.807) is 11.0 Å². The van der Waals surface area contributed by atoms with E-state index in [0.717, 1.165) is 19.5 Å². The molecule has 1 amide bonds. The standard InChI is InChI=1S/C16H18FN3O2/c1-19-5-4-15-14(10-19)20(6-7-22-15)16(21)11-2-3-13(17)12(8-11)9-18/h2-3,8,14-15H,4-7,10H2,1H3/t14-,15-/m0/s1. The smallest absolute Gasteiger partial charge is 0.254 e. The largest absolute Gasteiger partial charge is 0.374 e. The van der Waals surface area contributed by atoms with Gasteiger partial charge in [-0.1, -0.05) is 0 Å². The first kappa shape index (κ1) is 14.9. The van der Waals surface area contributed by atoms with Gasteiger partial charge in [-0.2, -0.15) is 5.26 Å². The molecule has 1 aromatic carbocycles. The first-order chi connectivity index (χ1) is 10.6. The van der Waals surface area contributed by atoms with Crippen molar-refractivity contribution in [1.29, 1.82) is 5.26 Å². The highest BCUT2D eigenvalue weighted by Gasteiger charge is 2.38. The van der Waals surface area contributed by atoms with Gasteiger partial charge in [0.2, 0.25) is 0 Å². The summed E-state index contributed by atoms with van der Waals surface area (Å²) in [4.78, 5) is 16.7. The summed E-state index contributed by atoms with van der Waals surface area (Å²) in [5.41, 5.74) is 0.253. The Morgan fingerprint density at radius 2 is 2.27 bits per heavy atom. The van der Waals surface area contributed by atoms with Crippen LogP contribution in [0, 0.1) is 17.1 Å². The van der Waals surface area contributed by atoms with Gasteiger partial charge in [-0.3, -0.25) is 4.79 Å². The third-order valence-electron chi connectivity index (χ3n) is 4.38. The summed E-state index contributed by atoms with van der Waals surface area (Å²) in [6.07, 6.45) is 0.961. The van der Waals surface area contributed by atoms with Crippen molar-refractivity contribution in [3.05, 3.63) is 35.1 Å². The summed E-state index contributed by atoms with van der Waals surface area (Å²) in [6.45, 7) is 2.76. The van der Waals surface area contributed by atoms with E-state index in [1.165, 1.54) is 18.2 Å². The summed E-state index contributed by atoms with van der Waals surface area (Å²) in [7, 11) is 2.03. The molecule has 2 fully saturated rings. The Labute approximate surface area is 128 Å². The van der Waals surface area contributed by atoms with E-state index < -0.39 is 5.82 Å². The number of morpholine rings is 1. The topological polar surface area (TPSA) is 56.6 Å². The van der Waals surface area contributed by atoms with E-state index in [4.69, 9.17) is 10.00 Å². The molecule has 2 aliphatic rings. The van der Waals surface area contributed by atoms with Crippen LogP contribution in [0.4, 0.5) is 4.39 Å². The lowest BCUT2D eigenvalue weighted by molar-refractivity contribution is -0.0869. The molecule has 2 saturated heterocycles. The lowest BCUT2D eigenvalue weighted by atomic mass is 9.98. The number of benzene rings is 1. The Balaban J connectivity index is 1.86. The third kappa shape index (κ3) is 2.70. The highest BCUT2D eigenvalue weighted by Crippen LogP contribution is 2.24. The fraction of sp³-hybridized carbons (Fsp3) is 0.500. The predicted molar refractivity (Wildman–Crippen MR) is 77.8 cm³/mol. The molecule has 0 aromatic heterocycles. The zero-order valence-electron chi connectivity index (χ0n) is 12.5. The summed E-state index contributed by atoms with van der Waals surface area (Å²) >= 11 is 0. The first-order valence-electron chi connectivity index (χ1n) is 7.41. The first-order valence-corrected chi connectivity index (χ1v) is 7.41. The van der Waals surface area contributed by atoms with Crippen LogP contribution in [0.25, 0.3) is 0 Å². The summed E-state index contributed by atoms with van der Waals surface area (Å²) in [5.74, 6) is -0.763. The van der Waals surface area contributed by atoms with Gasteiger partial charge >= 0.3 is 0 Å². The van der Waals surface area contributed by atoms with Crippen LogP contribution in [0.1, 0.15) is 22.3 Å². The number of carbonyl (C=O) groups excluding carboxylic acids is 1. The van der Waals surface area contributed by atoms with Gasteiger partial charge in [-0.25, -0.2) is 4.39 Å². The Bertz CT molecular complexity index is 628. The highest BCUT2D eigenvalue weighted by molar-refractivity contribution is 5.95. The number of amides is 1. The number of nitrogens with zero attached hydrogens (tertiary/aromatic N) is 3. The average molecular weight is 303 g/mol. The molecule has 0 N–H and O–H groups in total. The van der Waals surface area contributed by atoms with Gasteiger partial charge in [-0.15, -0.1) is 0 Å². The number of hydrogen-bond donors (Lipinski definition) is 0. The van der Waals surface area contributed by atoms with Crippen LogP contribution in [0.5, 0.6) is 0 Å². The lowest BCUT2D eigenvalue weighted by Crippen LogP contribution is -2.60. The fourth-order valence-corrected chi connectivity index (χ4v) is 3.19. The zero-order valence-corrected chi connectivity index (χ0v) is 12.5. The van der Waals surface area contributed by atoms with Crippen molar-refractivity contribution in [1.82, 2.24) is 9.80 Å². The maximum Gasteiger partial charge on any atom is 0.254 e. The van der Waals surface area contributed by atoms with Crippen LogP contribution in [0.15, 0.2) is 18.2 Å². The lowest BCUT2D eigenvalue weighted by Gasteiger charge is -2.46. The number of halogens is 1. The van der Waals surface area contributed by atoms with Gasteiger partial charge in [0.25, 0.3) is 5.91 Å². The molecule has 0 aliphatic carbocycles. The number of ether oxygens (including phenoxy) is 1. The van der Waals surface area contributed by atoms with E-state index in [9.17, 15) is 9.18 Å². The molecule has 1 aromatic rings. The van der Waals surface area contributed by atoms with E-state index >= 15 is 0 Å². The molecule has 2 heterocycles. The number of piperidine rings is 1. The minimum absolute atomic E-state index is 0.00980. The molecule has 0 radical (unpaired) electrons. The van der Waals surface area contributed by atoms with Crippen molar-refractivity contribution < 1.29 is 13.9 Å². The second-order valence-corrected chi connectivity index (χ2v) is 5.83. The maximum absolute atomic E-state index is 13.4. The molecule has 0 spiro atoms. The molecule has 5 nitrogen and oxygen atoms in total. The monoisotopic (exact) mass is 303 g/mol. The van der Waals surface area contributed by atoms with Crippen LogP contribution >= 0.6 is 0 Å². The molecule has 0 saturated carbocycles. The number of likely N-dealkylation sites (N-methyl/N-ethyl adjacent to an activating group) is 1. The van der Waals surface area contributed by atoms with E-state index in [1.807, 2.05) is 7.05 Å². The number of hydrogen-bond acceptors (Lipinski definition) is 4. The second kappa shape index (κ2) is 6.03. The van der Waals surface area contributed by atoms with Gasteiger partial charge in [0.1, 0.15) is 11.9 Å². The molecule has 0 bridgehead atoms. The molecule has 116 valence electrons. The van der Waals surface area contributed by atoms with E-state index in [2.05, 4.69) is 4.90 Å². The molecular weight excluding hydrogens is 285 g/mol. The number of rotatable bonds is 1.